The summed E-state index contributed by atoms with van der Waals surface area (Å²) in [5.41, 5.74) is 1.47. The van der Waals surface area contributed by atoms with E-state index in [9.17, 15) is 0 Å². The van der Waals surface area contributed by atoms with Crippen molar-refractivity contribution in [2.45, 2.75) is 18.9 Å². The molecule has 1 aliphatic heterocycles. The molecule has 1 atom stereocenters. The predicted octanol–water partition coefficient (Wildman–Crippen LogP) is 3.95. The van der Waals surface area contributed by atoms with E-state index >= 15 is 0 Å². The molecule has 0 amide bonds. The second kappa shape index (κ2) is 6.08. The first-order chi connectivity index (χ1) is 7.81. The largest absolute Gasteiger partial charge is 0.296 e. The number of likely N-dealkylation sites (tertiary alicyclic amines) is 1. The molecule has 0 radical (unpaired) electrons. The Bertz CT molecular complexity index is 342. The normalized spacial score (nSPS) is 21.5. The standard InChI is InChI=1S/C13H18BrNS/c1-16-9-8-15-7-3-6-13(15)11-4-2-5-12(14)10-11/h2,4-5,10,13H,3,6-9H2,1H3. The molecule has 0 bridgehead atoms. The van der Waals surface area contributed by atoms with Gasteiger partial charge in [0.15, 0.2) is 0 Å². The van der Waals surface area contributed by atoms with E-state index in [4.69, 9.17) is 0 Å². The summed E-state index contributed by atoms with van der Waals surface area (Å²) in [6.07, 6.45) is 4.83. The van der Waals surface area contributed by atoms with Gasteiger partial charge in [0.25, 0.3) is 0 Å². The van der Waals surface area contributed by atoms with Crippen LogP contribution in [-0.4, -0.2) is 30.0 Å². The van der Waals surface area contributed by atoms with Crippen molar-refractivity contribution >= 4 is 27.7 Å². The van der Waals surface area contributed by atoms with Crippen LogP contribution >= 0.6 is 27.7 Å². The number of halogens is 1. The minimum atomic E-state index is 0.643. The van der Waals surface area contributed by atoms with Crippen molar-refractivity contribution in [1.29, 1.82) is 0 Å². The summed E-state index contributed by atoms with van der Waals surface area (Å²) in [5, 5.41) is 0. The second-order valence-electron chi connectivity index (χ2n) is 4.24. The molecular weight excluding hydrogens is 282 g/mol. The fourth-order valence-corrected chi connectivity index (χ4v) is 3.23. The van der Waals surface area contributed by atoms with Gasteiger partial charge in [-0.1, -0.05) is 28.1 Å². The van der Waals surface area contributed by atoms with Crippen LogP contribution < -0.4 is 0 Å². The zero-order valence-electron chi connectivity index (χ0n) is 9.66. The third kappa shape index (κ3) is 3.02. The van der Waals surface area contributed by atoms with E-state index in [1.807, 2.05) is 11.8 Å². The van der Waals surface area contributed by atoms with E-state index < -0.39 is 0 Å². The van der Waals surface area contributed by atoms with Crippen molar-refractivity contribution in [3.05, 3.63) is 34.3 Å². The van der Waals surface area contributed by atoms with Crippen LogP contribution in [0.3, 0.4) is 0 Å². The van der Waals surface area contributed by atoms with Crippen molar-refractivity contribution in [3.63, 3.8) is 0 Å². The van der Waals surface area contributed by atoms with Gasteiger partial charge in [-0.05, 0) is 43.3 Å². The molecule has 1 nitrogen and oxygen atoms in total. The Labute approximate surface area is 111 Å². The number of thioether (sulfide) groups is 1. The molecule has 1 aliphatic rings. The first kappa shape index (κ1) is 12.5. The minimum Gasteiger partial charge on any atom is -0.296 e. The first-order valence-electron chi connectivity index (χ1n) is 5.79. The van der Waals surface area contributed by atoms with E-state index in [1.165, 1.54) is 41.7 Å². The van der Waals surface area contributed by atoms with Crippen LogP contribution in [0.25, 0.3) is 0 Å². The highest BCUT2D eigenvalue weighted by Gasteiger charge is 2.25. The number of rotatable bonds is 4. The molecule has 16 heavy (non-hydrogen) atoms. The van der Waals surface area contributed by atoms with E-state index in [-0.39, 0.29) is 0 Å². The molecule has 0 aromatic heterocycles. The van der Waals surface area contributed by atoms with Gasteiger partial charge in [0.05, 0.1) is 0 Å². The third-order valence-electron chi connectivity index (χ3n) is 3.18. The topological polar surface area (TPSA) is 3.24 Å². The molecule has 88 valence electrons. The molecule has 1 heterocycles. The Kier molecular flexibility index (Phi) is 4.74. The zero-order valence-corrected chi connectivity index (χ0v) is 12.1. The lowest BCUT2D eigenvalue weighted by Gasteiger charge is -2.24. The lowest BCUT2D eigenvalue weighted by Crippen LogP contribution is -2.25. The quantitative estimate of drug-likeness (QED) is 0.828. The van der Waals surface area contributed by atoms with Crippen LogP contribution in [-0.2, 0) is 0 Å². The number of nitrogens with zero attached hydrogens (tertiary/aromatic N) is 1. The molecule has 1 aromatic carbocycles. The van der Waals surface area contributed by atoms with Crippen LogP contribution in [0.5, 0.6) is 0 Å². The van der Waals surface area contributed by atoms with Gasteiger partial charge in [-0.15, -0.1) is 0 Å². The third-order valence-corrected chi connectivity index (χ3v) is 4.26. The highest BCUT2D eigenvalue weighted by Crippen LogP contribution is 2.32. The van der Waals surface area contributed by atoms with Crippen LogP contribution in [0, 0.1) is 0 Å². The van der Waals surface area contributed by atoms with E-state index in [2.05, 4.69) is 51.4 Å². The van der Waals surface area contributed by atoms with Gasteiger partial charge >= 0.3 is 0 Å². The van der Waals surface area contributed by atoms with Gasteiger partial charge in [-0.3, -0.25) is 4.90 Å². The minimum absolute atomic E-state index is 0.643. The average Bonchev–Trinajstić information content (AvgIpc) is 2.74. The molecular formula is C13H18BrNS. The highest BCUT2D eigenvalue weighted by molar-refractivity contribution is 9.10. The van der Waals surface area contributed by atoms with Crippen LogP contribution in [0.15, 0.2) is 28.7 Å². The molecule has 1 saturated heterocycles. The van der Waals surface area contributed by atoms with E-state index in [1.54, 1.807) is 0 Å². The molecule has 1 aromatic rings. The van der Waals surface area contributed by atoms with Gasteiger partial charge < -0.3 is 0 Å². The first-order valence-corrected chi connectivity index (χ1v) is 7.98. The average molecular weight is 300 g/mol. The summed E-state index contributed by atoms with van der Waals surface area (Å²) in [4.78, 5) is 2.62. The van der Waals surface area contributed by atoms with Crippen molar-refractivity contribution in [2.24, 2.45) is 0 Å². The highest BCUT2D eigenvalue weighted by atomic mass is 79.9. The molecule has 1 unspecified atom stereocenters. The predicted molar refractivity (Wildman–Crippen MR) is 76.1 cm³/mol. The maximum atomic E-state index is 3.56. The number of hydrogen-bond donors (Lipinski definition) is 0. The molecule has 3 heteroatoms. The van der Waals surface area contributed by atoms with Crippen molar-refractivity contribution in [1.82, 2.24) is 4.90 Å². The van der Waals surface area contributed by atoms with Crippen molar-refractivity contribution in [3.8, 4) is 0 Å². The van der Waals surface area contributed by atoms with Gasteiger partial charge in [-0.25, -0.2) is 0 Å². The summed E-state index contributed by atoms with van der Waals surface area (Å²) in [7, 11) is 0. The second-order valence-corrected chi connectivity index (χ2v) is 6.14. The molecule has 0 saturated carbocycles. The summed E-state index contributed by atoms with van der Waals surface area (Å²) >= 11 is 5.50. The van der Waals surface area contributed by atoms with Crippen LogP contribution in [0.1, 0.15) is 24.4 Å². The number of hydrogen-bond acceptors (Lipinski definition) is 2. The Balaban J connectivity index is 2.07. The summed E-state index contributed by atoms with van der Waals surface area (Å²) < 4.78 is 1.20. The molecule has 0 N–H and O–H groups in total. The summed E-state index contributed by atoms with van der Waals surface area (Å²) in [6, 6.07) is 9.41. The monoisotopic (exact) mass is 299 g/mol. The Hall–Kier alpha value is 0.01000. The van der Waals surface area contributed by atoms with Crippen LogP contribution in [0.2, 0.25) is 0 Å². The Morgan fingerprint density at radius 3 is 3.12 bits per heavy atom. The molecule has 1 fully saturated rings. The smallest absolute Gasteiger partial charge is 0.0349 e. The van der Waals surface area contributed by atoms with E-state index in [0.717, 1.165) is 0 Å². The summed E-state index contributed by atoms with van der Waals surface area (Å²) in [6.45, 7) is 2.48. The molecule has 0 spiro atoms. The maximum absolute atomic E-state index is 3.56. The number of benzene rings is 1. The van der Waals surface area contributed by atoms with Gasteiger partial charge in [0, 0.05) is 22.8 Å². The van der Waals surface area contributed by atoms with Crippen LogP contribution in [0.4, 0.5) is 0 Å². The van der Waals surface area contributed by atoms with Gasteiger partial charge in [0.2, 0.25) is 0 Å². The summed E-state index contributed by atoms with van der Waals surface area (Å²) in [5.74, 6) is 1.24. The van der Waals surface area contributed by atoms with Gasteiger partial charge in [-0.2, -0.15) is 11.8 Å². The lowest BCUT2D eigenvalue weighted by atomic mass is 10.0. The Morgan fingerprint density at radius 1 is 1.50 bits per heavy atom. The fraction of sp³-hybridized carbons (Fsp3) is 0.538. The van der Waals surface area contributed by atoms with Crippen molar-refractivity contribution < 1.29 is 0 Å². The van der Waals surface area contributed by atoms with E-state index in [0.29, 0.717) is 6.04 Å². The lowest BCUT2D eigenvalue weighted by molar-refractivity contribution is 0.274. The van der Waals surface area contributed by atoms with Gasteiger partial charge in [0.1, 0.15) is 0 Å². The fourth-order valence-electron chi connectivity index (χ4n) is 2.39. The zero-order chi connectivity index (χ0) is 11.4. The van der Waals surface area contributed by atoms with Crippen molar-refractivity contribution in [2.75, 3.05) is 25.1 Å². The SMILES string of the molecule is CSCCN1CCCC1c1cccc(Br)c1. The Morgan fingerprint density at radius 2 is 2.38 bits per heavy atom. The maximum Gasteiger partial charge on any atom is 0.0349 e. The molecule has 0 aliphatic carbocycles. The molecule has 2 rings (SSSR count).